The molecule has 28 heavy (non-hydrogen) atoms. The highest BCUT2D eigenvalue weighted by molar-refractivity contribution is 7.20. The minimum absolute atomic E-state index is 0.0454. The van der Waals surface area contributed by atoms with Gasteiger partial charge in [0, 0.05) is 5.56 Å². The van der Waals surface area contributed by atoms with E-state index >= 15 is 0 Å². The lowest BCUT2D eigenvalue weighted by Gasteiger charge is -2.05. The van der Waals surface area contributed by atoms with Crippen LogP contribution in [0.25, 0.3) is 16.3 Å². The first-order chi connectivity index (χ1) is 13.5. The Bertz CT molecular complexity index is 1160. The van der Waals surface area contributed by atoms with Crippen LogP contribution in [0.4, 0.5) is 13.9 Å². The lowest BCUT2D eigenvalue weighted by atomic mass is 10.2. The summed E-state index contributed by atoms with van der Waals surface area (Å²) in [7, 11) is 0. The van der Waals surface area contributed by atoms with Crippen LogP contribution in [0.3, 0.4) is 0 Å². The summed E-state index contributed by atoms with van der Waals surface area (Å²) in [6.45, 7) is -0.272. The first-order valence-corrected chi connectivity index (χ1v) is 9.05. The Hall–Kier alpha value is -3.11. The third kappa shape index (κ3) is 3.78. The van der Waals surface area contributed by atoms with Crippen molar-refractivity contribution in [1.82, 2.24) is 19.8 Å². The van der Waals surface area contributed by atoms with E-state index in [2.05, 4.69) is 20.6 Å². The minimum Gasteiger partial charge on any atom is -0.484 e. The van der Waals surface area contributed by atoms with Crippen LogP contribution in [0.1, 0.15) is 0 Å². The molecule has 0 unspecified atom stereocenters. The van der Waals surface area contributed by atoms with Crippen LogP contribution >= 0.6 is 22.9 Å². The number of nitrogens with one attached hydrogen (secondary N) is 1. The molecular formula is C17H10ClF2N5O2S. The standard InChI is InChI=1S/C17H10ClF2N5O2S/c18-12-7-9(1-6-13(12)20)15-22-23-17-25(15)24-16(28-17)21-14(26)8-27-11-4-2-10(19)3-5-11/h1-7H,8H2,(H,21,24,26). The second kappa shape index (κ2) is 7.49. The summed E-state index contributed by atoms with van der Waals surface area (Å²) in [5, 5.41) is 15.1. The van der Waals surface area contributed by atoms with Crippen LogP contribution in [-0.2, 0) is 4.79 Å². The van der Waals surface area contributed by atoms with E-state index in [0.717, 1.165) is 11.3 Å². The Morgan fingerprint density at radius 2 is 1.96 bits per heavy atom. The molecular weight excluding hydrogens is 412 g/mol. The average molecular weight is 422 g/mol. The third-order valence-corrected chi connectivity index (χ3v) is 4.70. The molecule has 7 nitrogen and oxygen atoms in total. The molecule has 1 N–H and O–H groups in total. The fraction of sp³-hybridized carbons (Fsp3) is 0.0588. The van der Waals surface area contributed by atoms with E-state index in [4.69, 9.17) is 16.3 Å². The molecule has 0 fully saturated rings. The summed E-state index contributed by atoms with van der Waals surface area (Å²) in [6.07, 6.45) is 0. The fourth-order valence-corrected chi connectivity index (χ4v) is 3.25. The molecule has 4 rings (SSSR count). The number of carbonyl (C=O) groups excluding carboxylic acids is 1. The fourth-order valence-electron chi connectivity index (χ4n) is 2.32. The number of anilines is 1. The molecule has 0 aliphatic carbocycles. The summed E-state index contributed by atoms with van der Waals surface area (Å²) < 4.78 is 32.9. The molecule has 0 aliphatic heterocycles. The molecule has 2 aromatic heterocycles. The normalized spacial score (nSPS) is 11.0. The van der Waals surface area contributed by atoms with E-state index in [-0.39, 0.29) is 16.8 Å². The lowest BCUT2D eigenvalue weighted by Crippen LogP contribution is -2.20. The van der Waals surface area contributed by atoms with Crippen LogP contribution < -0.4 is 10.1 Å². The van der Waals surface area contributed by atoms with Gasteiger partial charge in [-0.3, -0.25) is 10.1 Å². The topological polar surface area (TPSA) is 81.4 Å². The first kappa shape index (κ1) is 18.3. The Balaban J connectivity index is 1.47. The molecule has 4 aromatic rings. The van der Waals surface area contributed by atoms with Crippen molar-refractivity contribution >= 4 is 38.9 Å². The van der Waals surface area contributed by atoms with Crippen molar-refractivity contribution in [2.75, 3.05) is 11.9 Å². The van der Waals surface area contributed by atoms with Gasteiger partial charge in [-0.25, -0.2) is 8.78 Å². The molecule has 0 aliphatic rings. The Morgan fingerprint density at radius 3 is 2.71 bits per heavy atom. The number of halogens is 3. The molecule has 1 amide bonds. The van der Waals surface area contributed by atoms with E-state index in [1.807, 2.05) is 0 Å². The van der Waals surface area contributed by atoms with Crippen LogP contribution in [0.2, 0.25) is 5.02 Å². The average Bonchev–Trinajstić information content (AvgIpc) is 3.24. The van der Waals surface area contributed by atoms with Crippen molar-refractivity contribution in [3.8, 4) is 17.1 Å². The quantitative estimate of drug-likeness (QED) is 0.530. The van der Waals surface area contributed by atoms with E-state index < -0.39 is 17.5 Å². The van der Waals surface area contributed by atoms with Gasteiger partial charge in [0.25, 0.3) is 5.91 Å². The lowest BCUT2D eigenvalue weighted by molar-refractivity contribution is -0.118. The van der Waals surface area contributed by atoms with Crippen LogP contribution in [0, 0.1) is 11.6 Å². The number of nitrogens with zero attached hydrogens (tertiary/aromatic N) is 4. The highest BCUT2D eigenvalue weighted by atomic mass is 35.5. The summed E-state index contributed by atoms with van der Waals surface area (Å²) in [5.74, 6) is -0.657. The maximum atomic E-state index is 13.4. The number of rotatable bonds is 5. The largest absolute Gasteiger partial charge is 0.484 e. The first-order valence-electron chi connectivity index (χ1n) is 7.85. The zero-order valence-electron chi connectivity index (χ0n) is 13.9. The van der Waals surface area contributed by atoms with Gasteiger partial charge in [-0.1, -0.05) is 22.9 Å². The van der Waals surface area contributed by atoms with Gasteiger partial charge in [-0.05, 0) is 42.5 Å². The summed E-state index contributed by atoms with van der Waals surface area (Å²) >= 11 is 6.91. The molecule has 11 heteroatoms. The predicted octanol–water partition coefficient (Wildman–Crippen LogP) is 3.80. The van der Waals surface area contributed by atoms with E-state index in [0.29, 0.717) is 22.1 Å². The number of carbonyl (C=O) groups is 1. The van der Waals surface area contributed by atoms with Crippen molar-refractivity contribution in [2.24, 2.45) is 0 Å². The van der Waals surface area contributed by atoms with E-state index in [1.165, 1.54) is 47.0 Å². The van der Waals surface area contributed by atoms with Gasteiger partial charge < -0.3 is 4.74 Å². The molecule has 0 saturated heterocycles. The van der Waals surface area contributed by atoms with Crippen molar-refractivity contribution in [3.05, 3.63) is 59.1 Å². The van der Waals surface area contributed by atoms with Gasteiger partial charge in [0.1, 0.15) is 17.4 Å². The maximum Gasteiger partial charge on any atom is 0.264 e. The molecule has 2 aromatic carbocycles. The molecule has 142 valence electrons. The van der Waals surface area contributed by atoms with E-state index in [1.54, 1.807) is 0 Å². The van der Waals surface area contributed by atoms with Gasteiger partial charge in [0.2, 0.25) is 10.1 Å². The number of aromatic nitrogens is 4. The summed E-state index contributed by atoms with van der Waals surface area (Å²) in [6, 6.07) is 9.46. The number of hydrogen-bond acceptors (Lipinski definition) is 6. The van der Waals surface area contributed by atoms with Crippen molar-refractivity contribution in [1.29, 1.82) is 0 Å². The second-order valence-corrected chi connectivity index (χ2v) is 6.91. The molecule has 0 atom stereocenters. The zero-order valence-corrected chi connectivity index (χ0v) is 15.5. The number of fused-ring (bicyclic) bond motifs is 1. The summed E-state index contributed by atoms with van der Waals surface area (Å²) in [5.41, 5.74) is 0.529. The highest BCUT2D eigenvalue weighted by Gasteiger charge is 2.16. The molecule has 0 radical (unpaired) electrons. The predicted molar refractivity (Wildman–Crippen MR) is 99.6 cm³/mol. The summed E-state index contributed by atoms with van der Waals surface area (Å²) in [4.78, 5) is 12.5. The van der Waals surface area contributed by atoms with Gasteiger partial charge in [0.05, 0.1) is 5.02 Å². The molecule has 0 spiro atoms. The van der Waals surface area contributed by atoms with Gasteiger partial charge >= 0.3 is 0 Å². The Kier molecular flexibility index (Phi) is 4.88. The van der Waals surface area contributed by atoms with Crippen molar-refractivity contribution < 1.29 is 18.3 Å². The third-order valence-electron chi connectivity index (χ3n) is 3.60. The van der Waals surface area contributed by atoms with Gasteiger partial charge in [-0.2, -0.15) is 4.52 Å². The smallest absolute Gasteiger partial charge is 0.264 e. The minimum atomic E-state index is -0.543. The number of hydrogen-bond donors (Lipinski definition) is 1. The maximum absolute atomic E-state index is 13.4. The Morgan fingerprint density at radius 1 is 1.18 bits per heavy atom. The van der Waals surface area contributed by atoms with Crippen molar-refractivity contribution in [3.63, 3.8) is 0 Å². The molecule has 0 saturated carbocycles. The SMILES string of the molecule is O=C(COc1ccc(F)cc1)Nc1nn2c(-c3ccc(F)c(Cl)c3)nnc2s1. The molecule has 0 bridgehead atoms. The van der Waals surface area contributed by atoms with E-state index in [9.17, 15) is 13.6 Å². The van der Waals surface area contributed by atoms with Crippen LogP contribution in [0.15, 0.2) is 42.5 Å². The van der Waals surface area contributed by atoms with Crippen molar-refractivity contribution in [2.45, 2.75) is 0 Å². The Labute approximate surface area is 165 Å². The second-order valence-electron chi connectivity index (χ2n) is 5.54. The number of benzene rings is 2. The van der Waals surface area contributed by atoms with Crippen LogP contribution in [-0.4, -0.2) is 32.3 Å². The number of ether oxygens (including phenoxy) is 1. The molecule has 2 heterocycles. The highest BCUT2D eigenvalue weighted by Crippen LogP contribution is 2.27. The zero-order chi connectivity index (χ0) is 19.7. The van der Waals surface area contributed by atoms with Gasteiger partial charge in [-0.15, -0.1) is 15.3 Å². The number of amides is 1. The monoisotopic (exact) mass is 421 g/mol. The van der Waals surface area contributed by atoms with Crippen LogP contribution in [0.5, 0.6) is 5.75 Å². The van der Waals surface area contributed by atoms with Gasteiger partial charge in [0.15, 0.2) is 12.4 Å².